The Labute approximate surface area is 87.7 Å². The van der Waals surface area contributed by atoms with E-state index >= 15 is 0 Å². The first-order valence-corrected chi connectivity index (χ1v) is 4.38. The lowest BCUT2D eigenvalue weighted by Gasteiger charge is -2.11. The number of carboxylic acids is 1. The van der Waals surface area contributed by atoms with Gasteiger partial charge in [0, 0.05) is 20.8 Å². The van der Waals surface area contributed by atoms with Crippen LogP contribution in [0.5, 0.6) is 0 Å². The molecule has 7 heteroatoms. The van der Waals surface area contributed by atoms with Crippen LogP contribution < -0.4 is 10.6 Å². The van der Waals surface area contributed by atoms with E-state index < -0.39 is 18.1 Å². The van der Waals surface area contributed by atoms with Crippen LogP contribution in [-0.4, -0.2) is 57.1 Å². The highest BCUT2D eigenvalue weighted by Crippen LogP contribution is 1.87. The average Bonchev–Trinajstić information content (AvgIpc) is 2.18. The van der Waals surface area contributed by atoms with Crippen LogP contribution >= 0.6 is 0 Å². The van der Waals surface area contributed by atoms with Crippen molar-refractivity contribution in [2.75, 3.05) is 33.9 Å². The molecule has 0 aliphatic carbocycles. The lowest BCUT2D eigenvalue weighted by molar-refractivity contribution is -0.147. The quantitative estimate of drug-likeness (QED) is 0.480. The van der Waals surface area contributed by atoms with E-state index in [1.165, 1.54) is 14.2 Å². The monoisotopic (exact) mass is 220 g/mol. The van der Waals surface area contributed by atoms with Crippen LogP contribution in [0.25, 0.3) is 0 Å². The third kappa shape index (κ3) is 6.69. The zero-order valence-corrected chi connectivity index (χ0v) is 8.78. The Hall–Kier alpha value is -1.34. The van der Waals surface area contributed by atoms with Gasteiger partial charge in [-0.2, -0.15) is 0 Å². The maximum absolute atomic E-state index is 11.0. The summed E-state index contributed by atoms with van der Waals surface area (Å²) in [4.78, 5) is 21.5. The van der Waals surface area contributed by atoms with E-state index in [1.807, 2.05) is 0 Å². The van der Waals surface area contributed by atoms with Crippen LogP contribution in [0.1, 0.15) is 0 Å². The molecule has 0 rings (SSSR count). The standard InChI is InChI=1S/C8H16N2O5/c1-14-4-3-9-8(13)10-5-6(15-2)7(11)12/h6H,3-5H2,1-2H3,(H,11,12)(H2,9,10,13). The molecule has 0 heterocycles. The number of nitrogens with one attached hydrogen (secondary N) is 2. The smallest absolute Gasteiger partial charge is 0.334 e. The number of aliphatic carboxylic acids is 1. The van der Waals surface area contributed by atoms with E-state index in [-0.39, 0.29) is 6.54 Å². The van der Waals surface area contributed by atoms with Crippen LogP contribution in [-0.2, 0) is 14.3 Å². The van der Waals surface area contributed by atoms with Crippen molar-refractivity contribution < 1.29 is 24.2 Å². The molecule has 1 atom stereocenters. The van der Waals surface area contributed by atoms with Crippen LogP contribution in [0.3, 0.4) is 0 Å². The van der Waals surface area contributed by atoms with Crippen molar-refractivity contribution in [1.82, 2.24) is 10.6 Å². The second kappa shape index (κ2) is 8.01. The summed E-state index contributed by atoms with van der Waals surface area (Å²) in [5.41, 5.74) is 0. The number of hydrogen-bond donors (Lipinski definition) is 3. The van der Waals surface area contributed by atoms with Crippen molar-refractivity contribution in [2.45, 2.75) is 6.10 Å². The van der Waals surface area contributed by atoms with Crippen LogP contribution in [0.2, 0.25) is 0 Å². The van der Waals surface area contributed by atoms with E-state index in [1.54, 1.807) is 0 Å². The Bertz CT molecular complexity index is 209. The molecule has 0 saturated carbocycles. The molecule has 15 heavy (non-hydrogen) atoms. The summed E-state index contributed by atoms with van der Waals surface area (Å²) in [5.74, 6) is -1.12. The number of carboxylic acid groups (broad SMARTS) is 1. The molecule has 0 radical (unpaired) electrons. The largest absolute Gasteiger partial charge is 0.479 e. The van der Waals surface area contributed by atoms with Crippen molar-refractivity contribution in [3.63, 3.8) is 0 Å². The van der Waals surface area contributed by atoms with E-state index in [4.69, 9.17) is 9.84 Å². The fourth-order valence-corrected chi connectivity index (χ4v) is 0.786. The van der Waals surface area contributed by atoms with Gasteiger partial charge >= 0.3 is 12.0 Å². The first kappa shape index (κ1) is 13.7. The molecule has 0 spiro atoms. The number of ether oxygens (including phenoxy) is 2. The number of carbonyl (C=O) groups is 2. The Morgan fingerprint density at radius 3 is 2.47 bits per heavy atom. The number of rotatable bonds is 7. The minimum Gasteiger partial charge on any atom is -0.479 e. The molecule has 0 saturated heterocycles. The zero-order chi connectivity index (χ0) is 11.7. The minimum atomic E-state index is -1.12. The second-order valence-corrected chi connectivity index (χ2v) is 2.69. The van der Waals surface area contributed by atoms with Gasteiger partial charge in [0.25, 0.3) is 0 Å². The van der Waals surface area contributed by atoms with Crippen molar-refractivity contribution in [1.29, 1.82) is 0 Å². The van der Waals surface area contributed by atoms with Crippen LogP contribution in [0, 0.1) is 0 Å². The van der Waals surface area contributed by atoms with Gasteiger partial charge in [-0.1, -0.05) is 0 Å². The molecule has 2 amide bonds. The number of carbonyl (C=O) groups excluding carboxylic acids is 1. The number of methoxy groups -OCH3 is 2. The van der Waals surface area contributed by atoms with Gasteiger partial charge in [-0.15, -0.1) is 0 Å². The topological polar surface area (TPSA) is 96.9 Å². The van der Waals surface area contributed by atoms with E-state index in [2.05, 4.69) is 15.4 Å². The highest BCUT2D eigenvalue weighted by atomic mass is 16.5. The highest BCUT2D eigenvalue weighted by Gasteiger charge is 2.16. The molecule has 0 bridgehead atoms. The van der Waals surface area contributed by atoms with Gasteiger partial charge in [0.1, 0.15) is 0 Å². The van der Waals surface area contributed by atoms with E-state index in [9.17, 15) is 9.59 Å². The predicted molar refractivity (Wildman–Crippen MR) is 51.7 cm³/mol. The van der Waals surface area contributed by atoms with Gasteiger partial charge in [-0.3, -0.25) is 0 Å². The summed E-state index contributed by atoms with van der Waals surface area (Å²) >= 11 is 0. The summed E-state index contributed by atoms with van der Waals surface area (Å²) in [6.07, 6.45) is -1.03. The third-order valence-corrected chi connectivity index (χ3v) is 1.60. The summed E-state index contributed by atoms with van der Waals surface area (Å²) in [6, 6.07) is -0.449. The highest BCUT2D eigenvalue weighted by molar-refractivity contribution is 5.76. The Morgan fingerprint density at radius 2 is 2.00 bits per heavy atom. The first-order chi connectivity index (χ1) is 7.11. The van der Waals surface area contributed by atoms with Crippen molar-refractivity contribution in [2.24, 2.45) is 0 Å². The molecule has 0 aliphatic heterocycles. The lowest BCUT2D eigenvalue weighted by atomic mass is 10.3. The zero-order valence-electron chi connectivity index (χ0n) is 8.78. The molecule has 0 aromatic heterocycles. The van der Waals surface area contributed by atoms with Crippen molar-refractivity contribution in [3.05, 3.63) is 0 Å². The molecule has 1 unspecified atom stereocenters. The fourth-order valence-electron chi connectivity index (χ4n) is 0.786. The van der Waals surface area contributed by atoms with Gasteiger partial charge in [0.15, 0.2) is 6.10 Å². The minimum absolute atomic E-state index is 0.0787. The van der Waals surface area contributed by atoms with E-state index in [0.717, 1.165) is 0 Å². The van der Waals surface area contributed by atoms with E-state index in [0.29, 0.717) is 13.2 Å². The lowest BCUT2D eigenvalue weighted by Crippen LogP contribution is -2.43. The third-order valence-electron chi connectivity index (χ3n) is 1.60. The van der Waals surface area contributed by atoms with Gasteiger partial charge in [-0.05, 0) is 0 Å². The van der Waals surface area contributed by atoms with Crippen LogP contribution in [0.4, 0.5) is 4.79 Å². The summed E-state index contributed by atoms with van der Waals surface area (Å²) in [7, 11) is 2.79. The molecule has 0 aliphatic rings. The van der Waals surface area contributed by atoms with Gasteiger partial charge in [0.05, 0.1) is 13.2 Å². The predicted octanol–water partition coefficient (Wildman–Crippen LogP) is -0.968. The molecular weight excluding hydrogens is 204 g/mol. The molecular formula is C8H16N2O5. The summed E-state index contributed by atoms with van der Waals surface area (Å²) in [5, 5.41) is 13.4. The number of hydrogen-bond acceptors (Lipinski definition) is 4. The molecule has 7 nitrogen and oxygen atoms in total. The summed E-state index contributed by atoms with van der Waals surface area (Å²) in [6.45, 7) is 0.692. The Kier molecular flexibility index (Phi) is 7.29. The maximum atomic E-state index is 11.0. The van der Waals surface area contributed by atoms with Crippen molar-refractivity contribution in [3.8, 4) is 0 Å². The molecule has 0 fully saturated rings. The Balaban J connectivity index is 3.64. The summed E-state index contributed by atoms with van der Waals surface area (Å²) < 4.78 is 9.34. The number of amides is 2. The SMILES string of the molecule is COCCNC(=O)NCC(OC)C(=O)O. The molecule has 0 aromatic carbocycles. The first-order valence-electron chi connectivity index (χ1n) is 4.38. The average molecular weight is 220 g/mol. The number of urea groups is 1. The van der Waals surface area contributed by atoms with Gasteiger partial charge in [0.2, 0.25) is 0 Å². The van der Waals surface area contributed by atoms with Crippen LogP contribution in [0.15, 0.2) is 0 Å². The normalized spacial score (nSPS) is 11.9. The van der Waals surface area contributed by atoms with Crippen molar-refractivity contribution >= 4 is 12.0 Å². The second-order valence-electron chi connectivity index (χ2n) is 2.69. The Morgan fingerprint density at radius 1 is 1.33 bits per heavy atom. The molecule has 3 N–H and O–H groups in total. The molecule has 88 valence electrons. The van der Waals surface area contributed by atoms with Gasteiger partial charge in [-0.25, -0.2) is 9.59 Å². The van der Waals surface area contributed by atoms with Gasteiger partial charge < -0.3 is 25.2 Å². The molecule has 0 aromatic rings. The fraction of sp³-hybridized carbons (Fsp3) is 0.750. The maximum Gasteiger partial charge on any atom is 0.334 e.